The van der Waals surface area contributed by atoms with Gasteiger partial charge >= 0.3 is 0 Å². The van der Waals surface area contributed by atoms with Crippen molar-refractivity contribution in [3.63, 3.8) is 0 Å². The molecule has 0 bridgehead atoms. The Labute approximate surface area is 135 Å². The maximum absolute atomic E-state index is 13.2. The number of hydrogen-bond acceptors (Lipinski definition) is 3. The lowest BCUT2D eigenvalue weighted by molar-refractivity contribution is 0.601. The van der Waals surface area contributed by atoms with Crippen LogP contribution in [0.5, 0.6) is 0 Å². The molecular formula is C13H10BrFN2O2S2. The van der Waals surface area contributed by atoms with Crippen LogP contribution in [0.25, 0.3) is 0 Å². The van der Waals surface area contributed by atoms with Crippen LogP contribution >= 0.6 is 28.1 Å². The summed E-state index contributed by atoms with van der Waals surface area (Å²) in [5.41, 5.74) is 5.74. The molecule has 0 aliphatic carbocycles. The van der Waals surface area contributed by atoms with Crippen molar-refractivity contribution in [2.75, 3.05) is 4.72 Å². The van der Waals surface area contributed by atoms with E-state index in [9.17, 15) is 12.8 Å². The molecule has 0 spiro atoms. The zero-order valence-electron chi connectivity index (χ0n) is 10.5. The van der Waals surface area contributed by atoms with Crippen LogP contribution < -0.4 is 10.5 Å². The third kappa shape index (κ3) is 3.78. The molecule has 0 aliphatic heterocycles. The van der Waals surface area contributed by atoms with Crippen LogP contribution in [-0.2, 0) is 10.0 Å². The molecular weight excluding hydrogens is 379 g/mol. The molecule has 0 heterocycles. The predicted octanol–water partition coefficient (Wildman–Crippen LogP) is 3.02. The first-order valence-electron chi connectivity index (χ1n) is 5.67. The highest BCUT2D eigenvalue weighted by atomic mass is 79.9. The predicted molar refractivity (Wildman–Crippen MR) is 87.2 cm³/mol. The van der Waals surface area contributed by atoms with Crippen molar-refractivity contribution in [1.82, 2.24) is 0 Å². The molecule has 110 valence electrons. The maximum atomic E-state index is 13.2. The summed E-state index contributed by atoms with van der Waals surface area (Å²) in [7, 11) is -3.82. The average molecular weight is 389 g/mol. The molecule has 0 aliphatic rings. The number of nitrogens with two attached hydrogens (primary N) is 1. The summed E-state index contributed by atoms with van der Waals surface area (Å²) in [5, 5.41) is 0. The van der Waals surface area contributed by atoms with E-state index in [1.54, 1.807) is 12.1 Å². The van der Waals surface area contributed by atoms with Crippen molar-refractivity contribution in [2.24, 2.45) is 5.73 Å². The van der Waals surface area contributed by atoms with Gasteiger partial charge in [0.25, 0.3) is 10.0 Å². The van der Waals surface area contributed by atoms with Gasteiger partial charge in [-0.2, -0.15) is 0 Å². The quantitative estimate of drug-likeness (QED) is 0.789. The van der Waals surface area contributed by atoms with E-state index >= 15 is 0 Å². The van der Waals surface area contributed by atoms with E-state index in [1.807, 2.05) is 0 Å². The summed E-state index contributed by atoms with van der Waals surface area (Å²) < 4.78 is 40.8. The first kappa shape index (κ1) is 15.9. The monoisotopic (exact) mass is 388 g/mol. The molecule has 0 atom stereocenters. The summed E-state index contributed by atoms with van der Waals surface area (Å²) in [5.74, 6) is -0.553. The Morgan fingerprint density at radius 2 is 1.95 bits per heavy atom. The largest absolute Gasteiger partial charge is 0.389 e. The van der Waals surface area contributed by atoms with Crippen LogP contribution in [0, 0.1) is 5.82 Å². The Kier molecular flexibility index (Phi) is 4.60. The van der Waals surface area contributed by atoms with E-state index in [2.05, 4.69) is 20.7 Å². The van der Waals surface area contributed by atoms with Crippen molar-refractivity contribution in [2.45, 2.75) is 4.90 Å². The van der Waals surface area contributed by atoms with Gasteiger partial charge in [0, 0.05) is 10.0 Å². The highest BCUT2D eigenvalue weighted by Gasteiger charge is 2.17. The fourth-order valence-electron chi connectivity index (χ4n) is 1.65. The minimum Gasteiger partial charge on any atom is -0.389 e. The summed E-state index contributed by atoms with van der Waals surface area (Å²) in [6, 6.07) is 9.68. The van der Waals surface area contributed by atoms with Crippen LogP contribution in [0.1, 0.15) is 5.56 Å². The van der Waals surface area contributed by atoms with E-state index in [1.165, 1.54) is 18.2 Å². The molecule has 0 fully saturated rings. The standard InChI is InChI=1S/C13H10BrFN2O2S2/c14-8-2-1-3-10(6-8)21(18,19)17-12-5-4-9(15)7-11(12)13(16)20/h1-7,17H,(H2,16,20). The second kappa shape index (κ2) is 6.08. The van der Waals surface area contributed by atoms with E-state index < -0.39 is 15.8 Å². The average Bonchev–Trinajstić information content (AvgIpc) is 2.40. The smallest absolute Gasteiger partial charge is 0.261 e. The topological polar surface area (TPSA) is 72.2 Å². The lowest BCUT2D eigenvalue weighted by Gasteiger charge is -2.12. The zero-order valence-corrected chi connectivity index (χ0v) is 13.7. The molecule has 0 unspecified atom stereocenters. The maximum Gasteiger partial charge on any atom is 0.261 e. The molecule has 21 heavy (non-hydrogen) atoms. The number of sulfonamides is 1. The number of benzene rings is 2. The number of nitrogens with one attached hydrogen (secondary N) is 1. The number of rotatable bonds is 4. The first-order chi connectivity index (χ1) is 9.79. The van der Waals surface area contributed by atoms with Gasteiger partial charge in [0.15, 0.2) is 0 Å². The first-order valence-corrected chi connectivity index (χ1v) is 8.36. The Balaban J connectivity index is 2.44. The Hall–Kier alpha value is -1.51. The highest BCUT2D eigenvalue weighted by Crippen LogP contribution is 2.23. The Morgan fingerprint density at radius 1 is 1.24 bits per heavy atom. The molecule has 0 saturated carbocycles. The van der Waals surface area contributed by atoms with Gasteiger partial charge in [0.1, 0.15) is 10.8 Å². The molecule has 4 nitrogen and oxygen atoms in total. The van der Waals surface area contributed by atoms with Gasteiger partial charge in [-0.05, 0) is 36.4 Å². The molecule has 2 aromatic carbocycles. The second-order valence-electron chi connectivity index (χ2n) is 4.12. The summed E-state index contributed by atoms with van der Waals surface area (Å²) in [6.45, 7) is 0. The Morgan fingerprint density at radius 3 is 2.57 bits per heavy atom. The van der Waals surface area contributed by atoms with Gasteiger partial charge in [-0.15, -0.1) is 0 Å². The third-order valence-corrected chi connectivity index (χ3v) is 4.67. The molecule has 0 saturated heterocycles. The van der Waals surface area contributed by atoms with Gasteiger partial charge in [0.05, 0.1) is 10.6 Å². The van der Waals surface area contributed by atoms with Gasteiger partial charge in [-0.3, -0.25) is 4.72 Å². The SMILES string of the molecule is NC(=S)c1cc(F)ccc1NS(=O)(=O)c1cccc(Br)c1. The van der Waals surface area contributed by atoms with Gasteiger partial charge in [-0.25, -0.2) is 12.8 Å². The number of thiocarbonyl (C=S) groups is 1. The summed E-state index contributed by atoms with van der Waals surface area (Å²) in [6.07, 6.45) is 0. The summed E-state index contributed by atoms with van der Waals surface area (Å²) >= 11 is 8.01. The molecule has 0 aromatic heterocycles. The number of halogens is 2. The van der Waals surface area contributed by atoms with E-state index in [4.69, 9.17) is 18.0 Å². The van der Waals surface area contributed by atoms with Crippen molar-refractivity contribution in [3.8, 4) is 0 Å². The van der Waals surface area contributed by atoms with Crippen molar-refractivity contribution >= 4 is 48.8 Å². The molecule has 2 aromatic rings. The van der Waals surface area contributed by atoms with Crippen LogP contribution in [0.3, 0.4) is 0 Å². The van der Waals surface area contributed by atoms with Gasteiger partial charge in [0.2, 0.25) is 0 Å². The van der Waals surface area contributed by atoms with Gasteiger partial charge < -0.3 is 5.73 Å². The molecule has 2 rings (SSSR count). The number of hydrogen-bond donors (Lipinski definition) is 2. The molecule has 8 heteroatoms. The van der Waals surface area contributed by atoms with Crippen LogP contribution in [0.15, 0.2) is 51.8 Å². The fraction of sp³-hybridized carbons (Fsp3) is 0. The van der Waals surface area contributed by atoms with Crippen LogP contribution in [0.4, 0.5) is 10.1 Å². The van der Waals surface area contributed by atoms with Gasteiger partial charge in [-0.1, -0.05) is 34.2 Å². The lowest BCUT2D eigenvalue weighted by atomic mass is 10.2. The normalized spacial score (nSPS) is 11.1. The molecule has 3 N–H and O–H groups in total. The van der Waals surface area contributed by atoms with Crippen molar-refractivity contribution in [1.29, 1.82) is 0 Å². The minimum atomic E-state index is -3.82. The minimum absolute atomic E-state index is 0.0649. The van der Waals surface area contributed by atoms with Crippen molar-refractivity contribution < 1.29 is 12.8 Å². The fourth-order valence-corrected chi connectivity index (χ4v) is 3.49. The van der Waals surface area contributed by atoms with E-state index in [-0.39, 0.29) is 21.1 Å². The third-order valence-electron chi connectivity index (χ3n) is 2.60. The van der Waals surface area contributed by atoms with E-state index in [0.717, 1.165) is 12.1 Å². The number of anilines is 1. The Bertz CT molecular complexity index is 810. The van der Waals surface area contributed by atoms with Crippen LogP contribution in [-0.4, -0.2) is 13.4 Å². The molecule has 0 amide bonds. The highest BCUT2D eigenvalue weighted by molar-refractivity contribution is 9.10. The van der Waals surface area contributed by atoms with E-state index in [0.29, 0.717) is 4.47 Å². The molecule has 0 radical (unpaired) electrons. The second-order valence-corrected chi connectivity index (χ2v) is 7.15. The summed E-state index contributed by atoms with van der Waals surface area (Å²) in [4.78, 5) is -0.0310. The van der Waals surface area contributed by atoms with Crippen LogP contribution in [0.2, 0.25) is 0 Å². The lowest BCUT2D eigenvalue weighted by Crippen LogP contribution is -2.18. The van der Waals surface area contributed by atoms with Crippen molar-refractivity contribution in [3.05, 3.63) is 58.3 Å². The zero-order chi connectivity index (χ0) is 15.6.